The minimum atomic E-state index is 0.478. The van der Waals surface area contributed by atoms with Crippen LogP contribution in [0.4, 0.5) is 0 Å². The molecule has 0 radical (unpaired) electrons. The maximum absolute atomic E-state index is 5.28. The van der Waals surface area contributed by atoms with Gasteiger partial charge < -0.3 is 4.84 Å². The van der Waals surface area contributed by atoms with E-state index in [1.54, 1.807) is 7.11 Å². The number of hydroxylamine groups is 2. The Bertz CT molecular complexity index is 131. The molecule has 0 aromatic carbocycles. The molecule has 0 aliphatic carbocycles. The van der Waals surface area contributed by atoms with E-state index in [-0.39, 0.29) is 0 Å². The lowest BCUT2D eigenvalue weighted by Crippen LogP contribution is -2.32. The summed E-state index contributed by atoms with van der Waals surface area (Å²) in [6.45, 7) is 1.96. The zero-order valence-electron chi connectivity index (χ0n) is 6.34. The monoisotopic (exact) mass is 139 g/mol. The van der Waals surface area contributed by atoms with Crippen molar-refractivity contribution >= 4 is 0 Å². The van der Waals surface area contributed by atoms with Gasteiger partial charge in [0.1, 0.15) is 0 Å². The molecule has 1 saturated heterocycles. The molecule has 0 aromatic heterocycles. The molecule has 0 N–H and O–H groups in total. The first-order chi connectivity index (χ1) is 4.86. The third-order valence-electron chi connectivity index (χ3n) is 1.95. The zero-order valence-corrected chi connectivity index (χ0v) is 6.34. The van der Waals surface area contributed by atoms with Gasteiger partial charge in [0.05, 0.1) is 7.11 Å². The van der Waals surface area contributed by atoms with E-state index in [0.717, 1.165) is 25.9 Å². The molecule has 1 rings (SSSR count). The molecule has 0 bridgehead atoms. The molecule has 1 fully saturated rings. The van der Waals surface area contributed by atoms with Gasteiger partial charge in [-0.2, -0.15) is 5.06 Å². The van der Waals surface area contributed by atoms with Gasteiger partial charge in [-0.25, -0.2) is 0 Å². The highest BCUT2D eigenvalue weighted by atomic mass is 16.7. The summed E-state index contributed by atoms with van der Waals surface area (Å²) in [5.41, 5.74) is 0. The van der Waals surface area contributed by atoms with Crippen molar-refractivity contribution in [1.82, 2.24) is 5.06 Å². The molecular formula is C8H13NO. The molecule has 0 amide bonds. The Labute approximate surface area is 62.1 Å². The highest BCUT2D eigenvalue weighted by molar-refractivity contribution is 4.94. The summed E-state index contributed by atoms with van der Waals surface area (Å²) in [6.07, 6.45) is 7.43. The molecule has 10 heavy (non-hydrogen) atoms. The van der Waals surface area contributed by atoms with E-state index in [9.17, 15) is 0 Å². The van der Waals surface area contributed by atoms with Crippen LogP contribution in [0.3, 0.4) is 0 Å². The second-order valence-electron chi connectivity index (χ2n) is 2.55. The number of nitrogens with zero attached hydrogens (tertiary/aromatic N) is 1. The fourth-order valence-electron chi connectivity index (χ4n) is 1.21. The van der Waals surface area contributed by atoms with E-state index in [0.29, 0.717) is 5.92 Å². The van der Waals surface area contributed by atoms with E-state index in [2.05, 4.69) is 5.92 Å². The van der Waals surface area contributed by atoms with Gasteiger partial charge in [0.2, 0.25) is 0 Å². The Morgan fingerprint density at radius 1 is 1.50 bits per heavy atom. The van der Waals surface area contributed by atoms with Crippen LogP contribution in [0.1, 0.15) is 12.8 Å². The Hall–Kier alpha value is -0.520. The predicted molar refractivity (Wildman–Crippen MR) is 40.1 cm³/mol. The van der Waals surface area contributed by atoms with Crippen LogP contribution in [-0.4, -0.2) is 25.3 Å². The average Bonchev–Trinajstić information content (AvgIpc) is 2.05. The van der Waals surface area contributed by atoms with E-state index < -0.39 is 0 Å². The Morgan fingerprint density at radius 3 is 2.50 bits per heavy atom. The normalized spacial score (nSPS) is 22.4. The third kappa shape index (κ3) is 1.73. The van der Waals surface area contributed by atoms with Crippen LogP contribution in [0, 0.1) is 18.3 Å². The number of terminal acetylenes is 1. The molecule has 0 spiro atoms. The lowest BCUT2D eigenvalue weighted by Gasteiger charge is -2.27. The number of piperidine rings is 1. The number of rotatable bonds is 1. The SMILES string of the molecule is C#CC1CCN(OC)CC1. The largest absolute Gasteiger partial charge is 0.302 e. The van der Waals surface area contributed by atoms with Gasteiger partial charge >= 0.3 is 0 Å². The summed E-state index contributed by atoms with van der Waals surface area (Å²) in [7, 11) is 1.70. The standard InChI is InChI=1S/C8H13NO/c1-3-8-4-6-9(10-2)7-5-8/h1,8H,4-7H2,2H3. The predicted octanol–water partition coefficient (Wildman–Crippen LogP) is 0.893. The average molecular weight is 139 g/mol. The molecule has 0 saturated carbocycles. The summed E-state index contributed by atoms with van der Waals surface area (Å²) < 4.78 is 0. The van der Waals surface area contributed by atoms with E-state index in [1.165, 1.54) is 0 Å². The molecule has 2 nitrogen and oxygen atoms in total. The van der Waals surface area contributed by atoms with Crippen molar-refractivity contribution in [3.63, 3.8) is 0 Å². The molecular weight excluding hydrogens is 126 g/mol. The third-order valence-corrected chi connectivity index (χ3v) is 1.95. The first-order valence-electron chi connectivity index (χ1n) is 3.62. The molecule has 56 valence electrons. The van der Waals surface area contributed by atoms with Gasteiger partial charge in [-0.1, -0.05) is 0 Å². The molecule has 0 unspecified atom stereocenters. The lowest BCUT2D eigenvalue weighted by atomic mass is 9.99. The Kier molecular flexibility index (Phi) is 2.73. The fraction of sp³-hybridized carbons (Fsp3) is 0.750. The minimum Gasteiger partial charge on any atom is -0.302 e. The van der Waals surface area contributed by atoms with Crippen molar-refractivity contribution in [2.24, 2.45) is 5.92 Å². The smallest absolute Gasteiger partial charge is 0.0575 e. The van der Waals surface area contributed by atoms with Crippen molar-refractivity contribution in [2.75, 3.05) is 20.2 Å². The first-order valence-corrected chi connectivity index (χ1v) is 3.62. The maximum Gasteiger partial charge on any atom is 0.0575 e. The summed E-state index contributed by atoms with van der Waals surface area (Å²) in [5, 5.41) is 1.95. The van der Waals surface area contributed by atoms with Crippen LogP contribution in [0.5, 0.6) is 0 Å². The van der Waals surface area contributed by atoms with Crippen LogP contribution in [0.2, 0.25) is 0 Å². The van der Waals surface area contributed by atoms with Crippen molar-refractivity contribution in [3.05, 3.63) is 0 Å². The topological polar surface area (TPSA) is 12.5 Å². The van der Waals surface area contributed by atoms with Gasteiger partial charge in [0.25, 0.3) is 0 Å². The maximum atomic E-state index is 5.28. The van der Waals surface area contributed by atoms with Gasteiger partial charge in [-0.05, 0) is 12.8 Å². The highest BCUT2D eigenvalue weighted by Crippen LogP contribution is 2.15. The van der Waals surface area contributed by atoms with E-state index in [4.69, 9.17) is 11.3 Å². The second kappa shape index (κ2) is 3.60. The summed E-state index contributed by atoms with van der Waals surface area (Å²) in [5.74, 6) is 3.24. The second-order valence-corrected chi connectivity index (χ2v) is 2.55. The van der Waals surface area contributed by atoms with Crippen LogP contribution in [-0.2, 0) is 4.84 Å². The molecule has 0 aromatic rings. The Morgan fingerprint density at radius 2 is 2.10 bits per heavy atom. The van der Waals surface area contributed by atoms with E-state index in [1.807, 2.05) is 5.06 Å². The first kappa shape index (κ1) is 7.59. The molecule has 1 aliphatic rings. The van der Waals surface area contributed by atoms with Crippen molar-refractivity contribution < 1.29 is 4.84 Å². The van der Waals surface area contributed by atoms with Crippen molar-refractivity contribution in [1.29, 1.82) is 0 Å². The van der Waals surface area contributed by atoms with Gasteiger partial charge in [-0.15, -0.1) is 12.3 Å². The fourth-order valence-corrected chi connectivity index (χ4v) is 1.21. The highest BCUT2D eigenvalue weighted by Gasteiger charge is 2.16. The number of hydrogen-bond acceptors (Lipinski definition) is 2. The van der Waals surface area contributed by atoms with Crippen LogP contribution < -0.4 is 0 Å². The van der Waals surface area contributed by atoms with Crippen molar-refractivity contribution in [2.45, 2.75) is 12.8 Å². The molecule has 1 aliphatic heterocycles. The van der Waals surface area contributed by atoms with Gasteiger partial charge in [0.15, 0.2) is 0 Å². The zero-order chi connectivity index (χ0) is 7.40. The summed E-state index contributed by atoms with van der Waals surface area (Å²) >= 11 is 0. The van der Waals surface area contributed by atoms with Crippen LogP contribution in [0.15, 0.2) is 0 Å². The van der Waals surface area contributed by atoms with Gasteiger partial charge in [0, 0.05) is 19.0 Å². The molecule has 0 atom stereocenters. The number of hydrogen-bond donors (Lipinski definition) is 0. The molecule has 1 heterocycles. The summed E-state index contributed by atoms with van der Waals surface area (Å²) in [6, 6.07) is 0. The van der Waals surface area contributed by atoms with Crippen LogP contribution in [0.25, 0.3) is 0 Å². The van der Waals surface area contributed by atoms with Crippen LogP contribution >= 0.6 is 0 Å². The Balaban J connectivity index is 2.25. The quantitative estimate of drug-likeness (QED) is 0.500. The molecule has 2 heteroatoms. The summed E-state index contributed by atoms with van der Waals surface area (Å²) in [4.78, 5) is 5.05. The van der Waals surface area contributed by atoms with Gasteiger partial charge in [-0.3, -0.25) is 0 Å². The van der Waals surface area contributed by atoms with Crippen molar-refractivity contribution in [3.8, 4) is 12.3 Å². The lowest BCUT2D eigenvalue weighted by molar-refractivity contribution is -0.145. The van der Waals surface area contributed by atoms with E-state index >= 15 is 0 Å². The minimum absolute atomic E-state index is 0.478.